The van der Waals surface area contributed by atoms with Crippen LogP contribution in [0.15, 0.2) is 18.2 Å². The molecule has 4 heteroatoms. The van der Waals surface area contributed by atoms with Crippen LogP contribution in [-0.4, -0.2) is 13.1 Å². The van der Waals surface area contributed by atoms with Crippen molar-refractivity contribution in [3.8, 4) is 5.75 Å². The molecule has 0 atom stereocenters. The summed E-state index contributed by atoms with van der Waals surface area (Å²) in [4.78, 5) is 0. The van der Waals surface area contributed by atoms with Crippen LogP contribution in [0.4, 0.5) is 0 Å². The van der Waals surface area contributed by atoms with Crippen LogP contribution in [0.2, 0.25) is 5.02 Å². The van der Waals surface area contributed by atoms with Crippen molar-refractivity contribution >= 4 is 23.2 Å². The predicted octanol–water partition coefficient (Wildman–Crippen LogP) is 2.63. The summed E-state index contributed by atoms with van der Waals surface area (Å²) in [5.41, 5.74) is 1.02. The van der Waals surface area contributed by atoms with E-state index < -0.39 is 0 Å². The lowest BCUT2D eigenvalue weighted by Gasteiger charge is -2.06. The van der Waals surface area contributed by atoms with Crippen LogP contribution in [0, 0.1) is 0 Å². The van der Waals surface area contributed by atoms with Gasteiger partial charge >= 0.3 is 0 Å². The maximum absolute atomic E-state index is 5.98. The maximum Gasteiger partial charge on any atom is 0.120 e. The molecule has 0 bridgehead atoms. The SMILES string of the molecule is COc1ccc(CNCCl)c(Cl)c1. The Morgan fingerprint density at radius 3 is 2.77 bits per heavy atom. The van der Waals surface area contributed by atoms with Crippen LogP contribution in [0.1, 0.15) is 5.56 Å². The Labute approximate surface area is 87.8 Å². The molecule has 0 saturated heterocycles. The van der Waals surface area contributed by atoms with Crippen LogP contribution in [0.3, 0.4) is 0 Å². The molecule has 1 aromatic carbocycles. The van der Waals surface area contributed by atoms with Crippen molar-refractivity contribution in [2.45, 2.75) is 6.54 Å². The van der Waals surface area contributed by atoms with E-state index in [0.717, 1.165) is 11.3 Å². The van der Waals surface area contributed by atoms with E-state index in [9.17, 15) is 0 Å². The first-order valence-electron chi connectivity index (χ1n) is 3.87. The zero-order chi connectivity index (χ0) is 9.68. The van der Waals surface area contributed by atoms with Gasteiger partial charge in [0.25, 0.3) is 0 Å². The summed E-state index contributed by atoms with van der Waals surface area (Å²) in [6, 6.07) is 5.99. The minimum Gasteiger partial charge on any atom is -0.497 e. The van der Waals surface area contributed by atoms with Gasteiger partial charge < -0.3 is 4.74 Å². The minimum absolute atomic E-state index is 0.419. The second kappa shape index (κ2) is 5.32. The second-order valence-corrected chi connectivity index (χ2v) is 3.19. The largest absolute Gasteiger partial charge is 0.497 e. The summed E-state index contributed by atoms with van der Waals surface area (Å²) in [5.74, 6) is 0.764. The van der Waals surface area contributed by atoms with E-state index in [-0.39, 0.29) is 0 Å². The topological polar surface area (TPSA) is 21.3 Å². The van der Waals surface area contributed by atoms with E-state index in [1.165, 1.54) is 0 Å². The second-order valence-electron chi connectivity index (χ2n) is 2.52. The molecule has 0 aliphatic rings. The normalized spacial score (nSPS) is 10.1. The molecule has 0 saturated carbocycles. The number of methoxy groups -OCH3 is 1. The Hall–Kier alpha value is -0.440. The molecule has 0 spiro atoms. The van der Waals surface area contributed by atoms with Gasteiger partial charge in [0.05, 0.1) is 13.1 Å². The van der Waals surface area contributed by atoms with Crippen LogP contribution in [-0.2, 0) is 6.54 Å². The van der Waals surface area contributed by atoms with E-state index in [4.69, 9.17) is 27.9 Å². The van der Waals surface area contributed by atoms with Crippen LogP contribution in [0.5, 0.6) is 5.75 Å². The molecule has 0 radical (unpaired) electrons. The predicted molar refractivity (Wildman–Crippen MR) is 55.6 cm³/mol. The Bertz CT molecular complexity index is 278. The summed E-state index contributed by atoms with van der Waals surface area (Å²) in [5, 5.41) is 3.67. The Balaban J connectivity index is 2.73. The maximum atomic E-state index is 5.98. The number of nitrogens with one attached hydrogen (secondary N) is 1. The summed E-state index contributed by atoms with van der Waals surface area (Å²) in [6.45, 7) is 0.673. The third kappa shape index (κ3) is 3.07. The highest BCUT2D eigenvalue weighted by Gasteiger charge is 2.00. The van der Waals surface area contributed by atoms with Gasteiger partial charge in [-0.1, -0.05) is 17.7 Å². The molecule has 1 N–H and O–H groups in total. The lowest BCUT2D eigenvalue weighted by Crippen LogP contribution is -2.10. The number of hydrogen-bond donors (Lipinski definition) is 1. The van der Waals surface area contributed by atoms with Crippen LogP contribution in [0.25, 0.3) is 0 Å². The quantitative estimate of drug-likeness (QED) is 0.622. The summed E-state index contributed by atoms with van der Waals surface area (Å²) >= 11 is 11.5. The van der Waals surface area contributed by atoms with Crippen molar-refractivity contribution in [3.05, 3.63) is 28.8 Å². The monoisotopic (exact) mass is 219 g/mol. The van der Waals surface area contributed by atoms with Gasteiger partial charge in [-0.05, 0) is 17.7 Å². The van der Waals surface area contributed by atoms with Gasteiger partial charge in [-0.15, -0.1) is 11.6 Å². The van der Waals surface area contributed by atoms with Crippen molar-refractivity contribution in [3.63, 3.8) is 0 Å². The fourth-order valence-corrected chi connectivity index (χ4v) is 1.31. The number of rotatable bonds is 4. The molecule has 0 aliphatic carbocycles. The highest BCUT2D eigenvalue weighted by molar-refractivity contribution is 6.31. The summed E-state index contributed by atoms with van der Waals surface area (Å²) < 4.78 is 5.02. The van der Waals surface area contributed by atoms with Gasteiger partial charge in [-0.25, -0.2) is 0 Å². The molecule has 1 aromatic rings. The number of hydrogen-bond acceptors (Lipinski definition) is 2. The number of benzene rings is 1. The summed E-state index contributed by atoms with van der Waals surface area (Å²) in [6.07, 6.45) is 0. The minimum atomic E-state index is 0.419. The molecule has 0 amide bonds. The number of alkyl halides is 1. The smallest absolute Gasteiger partial charge is 0.120 e. The van der Waals surface area contributed by atoms with Crippen molar-refractivity contribution in [1.29, 1.82) is 0 Å². The Morgan fingerprint density at radius 2 is 2.23 bits per heavy atom. The van der Waals surface area contributed by atoms with E-state index in [1.54, 1.807) is 13.2 Å². The third-order valence-electron chi connectivity index (χ3n) is 1.67. The van der Waals surface area contributed by atoms with Crippen LogP contribution >= 0.6 is 23.2 Å². The van der Waals surface area contributed by atoms with Gasteiger partial charge in [0.1, 0.15) is 5.75 Å². The molecule has 2 nitrogen and oxygen atoms in total. The third-order valence-corrected chi connectivity index (χ3v) is 2.21. The first kappa shape index (κ1) is 10.6. The number of ether oxygens (including phenoxy) is 1. The first-order valence-corrected chi connectivity index (χ1v) is 4.78. The van der Waals surface area contributed by atoms with E-state index in [0.29, 0.717) is 17.6 Å². The molecular formula is C9H11Cl2NO. The van der Waals surface area contributed by atoms with Crippen molar-refractivity contribution < 1.29 is 4.74 Å². The molecule has 13 heavy (non-hydrogen) atoms. The molecular weight excluding hydrogens is 209 g/mol. The summed E-state index contributed by atoms with van der Waals surface area (Å²) in [7, 11) is 1.61. The molecule has 72 valence electrons. The molecule has 0 unspecified atom stereocenters. The molecule has 1 rings (SSSR count). The van der Waals surface area contributed by atoms with Crippen molar-refractivity contribution in [2.75, 3.05) is 13.1 Å². The lowest BCUT2D eigenvalue weighted by atomic mass is 10.2. The molecule has 0 aliphatic heterocycles. The fourth-order valence-electron chi connectivity index (χ4n) is 0.980. The number of halogens is 2. The average molecular weight is 220 g/mol. The van der Waals surface area contributed by atoms with Crippen molar-refractivity contribution in [2.24, 2.45) is 0 Å². The Morgan fingerprint density at radius 1 is 1.46 bits per heavy atom. The first-order chi connectivity index (χ1) is 6.27. The van der Waals surface area contributed by atoms with Gasteiger partial charge in [-0.3, -0.25) is 5.32 Å². The highest BCUT2D eigenvalue weighted by Crippen LogP contribution is 2.21. The van der Waals surface area contributed by atoms with Gasteiger partial charge in [0, 0.05) is 11.6 Å². The van der Waals surface area contributed by atoms with Gasteiger partial charge in [0.15, 0.2) is 0 Å². The zero-order valence-electron chi connectivity index (χ0n) is 7.31. The molecule has 0 aromatic heterocycles. The van der Waals surface area contributed by atoms with E-state index in [2.05, 4.69) is 5.32 Å². The van der Waals surface area contributed by atoms with Gasteiger partial charge in [0.2, 0.25) is 0 Å². The highest BCUT2D eigenvalue weighted by atomic mass is 35.5. The van der Waals surface area contributed by atoms with Crippen molar-refractivity contribution in [1.82, 2.24) is 5.32 Å². The average Bonchev–Trinajstić information content (AvgIpc) is 2.16. The standard InChI is InChI=1S/C9H11Cl2NO/c1-13-8-3-2-7(5-12-6-10)9(11)4-8/h2-4,12H,5-6H2,1H3. The van der Waals surface area contributed by atoms with E-state index >= 15 is 0 Å². The molecule has 0 fully saturated rings. The molecule has 0 heterocycles. The Kier molecular flexibility index (Phi) is 4.36. The lowest BCUT2D eigenvalue weighted by molar-refractivity contribution is 0.414. The van der Waals surface area contributed by atoms with E-state index in [1.807, 2.05) is 12.1 Å². The fraction of sp³-hybridized carbons (Fsp3) is 0.333. The zero-order valence-corrected chi connectivity index (χ0v) is 8.82. The van der Waals surface area contributed by atoms with Crippen LogP contribution < -0.4 is 10.1 Å². The van der Waals surface area contributed by atoms with Gasteiger partial charge in [-0.2, -0.15) is 0 Å².